The number of benzene rings is 2. The average Bonchev–Trinajstić information content (AvgIpc) is 3.15. The SMILES string of the molecule is CCOc1ccc2c(c1)C(=C1SC(C(C)=O)=C(c3ccccc3)S1)C(=S)C(C)(C)N2. The van der Waals surface area contributed by atoms with E-state index < -0.39 is 0 Å². The maximum atomic E-state index is 12.5. The molecule has 1 N–H and O–H groups in total. The molecule has 0 atom stereocenters. The van der Waals surface area contributed by atoms with E-state index in [1.54, 1.807) is 18.7 Å². The molecular weight excluding hydrogens is 430 g/mol. The molecule has 0 saturated carbocycles. The van der Waals surface area contributed by atoms with Crippen LogP contribution in [0, 0.1) is 0 Å². The summed E-state index contributed by atoms with van der Waals surface area (Å²) in [4.78, 5) is 15.1. The van der Waals surface area contributed by atoms with E-state index in [4.69, 9.17) is 17.0 Å². The van der Waals surface area contributed by atoms with Crippen molar-refractivity contribution in [2.45, 2.75) is 33.2 Å². The zero-order valence-electron chi connectivity index (χ0n) is 17.4. The number of hydrogen-bond donors (Lipinski definition) is 1. The number of anilines is 1. The summed E-state index contributed by atoms with van der Waals surface area (Å²) in [6, 6.07) is 16.1. The minimum Gasteiger partial charge on any atom is -0.494 e. The fraction of sp³-hybridized carbons (Fsp3) is 0.250. The molecule has 2 aromatic rings. The molecule has 0 amide bonds. The van der Waals surface area contributed by atoms with Gasteiger partial charge in [0.1, 0.15) is 5.75 Å². The lowest BCUT2D eigenvalue weighted by Gasteiger charge is -2.37. The number of ether oxygens (including phenoxy) is 1. The third kappa shape index (κ3) is 3.84. The highest BCUT2D eigenvalue weighted by molar-refractivity contribution is 8.32. The lowest BCUT2D eigenvalue weighted by Crippen LogP contribution is -2.43. The van der Waals surface area contributed by atoms with Crippen LogP contribution in [0.5, 0.6) is 5.75 Å². The van der Waals surface area contributed by atoms with Crippen molar-refractivity contribution >= 4 is 62.6 Å². The lowest BCUT2D eigenvalue weighted by atomic mass is 9.85. The van der Waals surface area contributed by atoms with Crippen molar-refractivity contribution < 1.29 is 9.53 Å². The number of ketones is 1. The van der Waals surface area contributed by atoms with Crippen molar-refractivity contribution in [2.24, 2.45) is 0 Å². The highest BCUT2D eigenvalue weighted by Gasteiger charge is 2.38. The zero-order chi connectivity index (χ0) is 21.5. The van der Waals surface area contributed by atoms with E-state index >= 15 is 0 Å². The van der Waals surface area contributed by atoms with Gasteiger partial charge in [-0.15, -0.1) is 0 Å². The Hall–Kier alpha value is -2.02. The topological polar surface area (TPSA) is 38.3 Å². The Balaban J connectivity index is 1.87. The number of hydrogen-bond acceptors (Lipinski definition) is 6. The maximum absolute atomic E-state index is 12.5. The van der Waals surface area contributed by atoms with Crippen molar-refractivity contribution in [3.63, 3.8) is 0 Å². The van der Waals surface area contributed by atoms with Gasteiger partial charge in [-0.05, 0) is 51.5 Å². The Morgan fingerprint density at radius 2 is 1.87 bits per heavy atom. The number of fused-ring (bicyclic) bond motifs is 1. The van der Waals surface area contributed by atoms with Gasteiger partial charge in [-0.1, -0.05) is 66.1 Å². The average molecular weight is 454 g/mol. The molecule has 3 nitrogen and oxygen atoms in total. The smallest absolute Gasteiger partial charge is 0.167 e. The molecule has 30 heavy (non-hydrogen) atoms. The van der Waals surface area contributed by atoms with Gasteiger partial charge in [-0.25, -0.2) is 0 Å². The minimum absolute atomic E-state index is 0.0735. The molecular formula is C24H23NO2S3. The van der Waals surface area contributed by atoms with Gasteiger partial charge >= 0.3 is 0 Å². The monoisotopic (exact) mass is 453 g/mol. The highest BCUT2D eigenvalue weighted by atomic mass is 32.2. The number of nitrogens with one attached hydrogen (secondary N) is 1. The highest BCUT2D eigenvalue weighted by Crippen LogP contribution is 2.58. The number of rotatable bonds is 4. The molecule has 6 heteroatoms. The Bertz CT molecular complexity index is 1100. The minimum atomic E-state index is -0.370. The first kappa shape index (κ1) is 21.2. The molecule has 154 valence electrons. The number of carbonyl (C=O) groups is 1. The first-order valence-corrected chi connectivity index (χ1v) is 11.9. The Kier molecular flexibility index (Phi) is 5.84. The molecule has 2 aliphatic rings. The van der Waals surface area contributed by atoms with Gasteiger partial charge in [0, 0.05) is 26.6 Å². The molecule has 4 rings (SSSR count). The molecule has 0 unspecified atom stereocenters. The lowest BCUT2D eigenvalue weighted by molar-refractivity contribution is -0.112. The molecule has 0 radical (unpaired) electrons. The van der Waals surface area contributed by atoms with Crippen molar-refractivity contribution in [3.05, 3.63) is 68.8 Å². The summed E-state index contributed by atoms with van der Waals surface area (Å²) in [5, 5.41) is 3.56. The molecule has 0 saturated heterocycles. The molecule has 2 aromatic carbocycles. The maximum Gasteiger partial charge on any atom is 0.167 e. The summed E-state index contributed by atoms with van der Waals surface area (Å²) in [7, 11) is 0. The Morgan fingerprint density at radius 1 is 1.13 bits per heavy atom. The molecule has 0 aliphatic carbocycles. The van der Waals surface area contributed by atoms with E-state index in [9.17, 15) is 4.79 Å². The summed E-state index contributed by atoms with van der Waals surface area (Å²) < 4.78 is 6.80. The summed E-state index contributed by atoms with van der Waals surface area (Å²) in [6.07, 6.45) is 0. The van der Waals surface area contributed by atoms with Crippen molar-refractivity contribution in [1.82, 2.24) is 0 Å². The number of Topliss-reactive ketones (excluding diaryl/α,β-unsaturated/α-hetero) is 1. The first-order chi connectivity index (χ1) is 14.3. The molecule has 0 fully saturated rings. The van der Waals surface area contributed by atoms with E-state index in [0.29, 0.717) is 6.61 Å². The fourth-order valence-electron chi connectivity index (χ4n) is 3.54. The molecule has 0 aromatic heterocycles. The van der Waals surface area contributed by atoms with Crippen molar-refractivity contribution in [2.75, 3.05) is 11.9 Å². The quantitative estimate of drug-likeness (QED) is 0.407. The standard InChI is InChI=1S/C24H23NO2S3/c1-5-27-16-11-12-18-17(13-16)19(22(28)24(3,4)25-18)23-29-20(14(2)26)21(30-23)15-9-7-6-8-10-15/h6-13,25H,5H2,1-4H3. The van der Waals surface area contributed by atoms with Crippen molar-refractivity contribution in [1.29, 1.82) is 0 Å². The van der Waals surface area contributed by atoms with Crippen LogP contribution >= 0.6 is 35.7 Å². The van der Waals surface area contributed by atoms with Crippen LogP contribution in [0.3, 0.4) is 0 Å². The molecule has 0 bridgehead atoms. The van der Waals surface area contributed by atoms with Crippen LogP contribution in [-0.4, -0.2) is 22.8 Å². The van der Waals surface area contributed by atoms with Crippen molar-refractivity contribution in [3.8, 4) is 5.75 Å². The largest absolute Gasteiger partial charge is 0.494 e. The molecule has 2 aliphatic heterocycles. The number of thioether (sulfide) groups is 2. The van der Waals surface area contributed by atoms with Gasteiger partial charge in [0.05, 0.1) is 21.3 Å². The second-order valence-corrected chi connectivity index (χ2v) is 10.4. The van der Waals surface area contributed by atoms with Crippen LogP contribution in [-0.2, 0) is 4.79 Å². The van der Waals surface area contributed by atoms with Crippen LogP contribution in [0.25, 0.3) is 10.5 Å². The normalized spacial score (nSPS) is 20.1. The van der Waals surface area contributed by atoms with Gasteiger partial charge in [0.25, 0.3) is 0 Å². The van der Waals surface area contributed by atoms with Crippen LogP contribution in [0.15, 0.2) is 57.7 Å². The second-order valence-electron chi connectivity index (χ2n) is 7.67. The third-order valence-corrected chi connectivity index (χ3v) is 8.43. The predicted molar refractivity (Wildman–Crippen MR) is 134 cm³/mol. The predicted octanol–water partition coefficient (Wildman–Crippen LogP) is 6.77. The van der Waals surface area contributed by atoms with Crippen LogP contribution in [0.2, 0.25) is 0 Å². The third-order valence-electron chi connectivity index (χ3n) is 4.97. The number of thiocarbonyl (C=S) groups is 1. The summed E-state index contributed by atoms with van der Waals surface area (Å²) in [5.74, 6) is 0.888. The number of carbonyl (C=O) groups excluding carboxylic acids is 1. The summed E-state index contributed by atoms with van der Waals surface area (Å²) in [6.45, 7) is 8.40. The summed E-state index contributed by atoms with van der Waals surface area (Å²) in [5.41, 5.74) is 3.75. The van der Waals surface area contributed by atoms with E-state index in [-0.39, 0.29) is 11.3 Å². The Morgan fingerprint density at radius 3 is 2.53 bits per heavy atom. The van der Waals surface area contributed by atoms with E-state index in [1.165, 1.54) is 11.8 Å². The van der Waals surface area contributed by atoms with E-state index in [2.05, 4.69) is 19.2 Å². The van der Waals surface area contributed by atoms with Crippen LogP contribution < -0.4 is 10.1 Å². The van der Waals surface area contributed by atoms with E-state index in [1.807, 2.05) is 55.5 Å². The van der Waals surface area contributed by atoms with Crippen LogP contribution in [0.1, 0.15) is 38.8 Å². The van der Waals surface area contributed by atoms with Gasteiger partial charge in [0.2, 0.25) is 0 Å². The molecule has 0 spiro atoms. The van der Waals surface area contributed by atoms with Gasteiger partial charge in [0.15, 0.2) is 5.78 Å². The van der Waals surface area contributed by atoms with Gasteiger partial charge in [-0.3, -0.25) is 4.79 Å². The van der Waals surface area contributed by atoms with Gasteiger partial charge < -0.3 is 10.1 Å². The summed E-state index contributed by atoms with van der Waals surface area (Å²) >= 11 is 9.12. The molecule has 2 heterocycles. The Labute approximate surface area is 191 Å². The number of allylic oxidation sites excluding steroid dienone is 1. The first-order valence-electron chi connectivity index (χ1n) is 9.82. The van der Waals surface area contributed by atoms with Crippen LogP contribution in [0.4, 0.5) is 5.69 Å². The van der Waals surface area contributed by atoms with Gasteiger partial charge in [-0.2, -0.15) is 0 Å². The zero-order valence-corrected chi connectivity index (χ0v) is 19.8. The second kappa shape index (κ2) is 8.25. The fourth-order valence-corrected chi connectivity index (χ4v) is 6.69. The van der Waals surface area contributed by atoms with E-state index in [0.717, 1.165) is 47.0 Å².